The molecule has 2 aliphatic heterocycles. The Morgan fingerprint density at radius 1 is 1.19 bits per heavy atom. The molecule has 6 heteroatoms. The van der Waals surface area contributed by atoms with Gasteiger partial charge >= 0.3 is 5.97 Å². The number of aliphatic carboxylic acids is 1. The highest BCUT2D eigenvalue weighted by atomic mass is 16.4. The number of hydrogen-bond donors (Lipinski definition) is 1. The highest BCUT2D eigenvalue weighted by Crippen LogP contribution is 2.43. The Labute approximate surface area is 153 Å². The van der Waals surface area contributed by atoms with E-state index in [4.69, 9.17) is 4.42 Å². The molecule has 0 bridgehead atoms. The first-order valence-electron chi connectivity index (χ1n) is 9.24. The van der Waals surface area contributed by atoms with E-state index >= 15 is 0 Å². The van der Waals surface area contributed by atoms with Crippen LogP contribution in [-0.2, 0) is 17.9 Å². The SMILES string of the molecule is O=C(O)[C@]12CCCN(Cc3ccncc3)C[C@H]1CN(Cc1ccoc1)C2. The standard InChI is InChI=1S/C20H25N3O3/c24-19(25)20-5-1-8-22(10-16-2-6-21-7-3-16)12-18(20)13-23(15-20)11-17-4-9-26-14-17/h2-4,6-7,9,14,18H,1,5,8,10-13,15H2,(H,24,25)/t18-,20-/m0/s1. The van der Waals surface area contributed by atoms with Gasteiger partial charge in [0.1, 0.15) is 0 Å². The molecule has 4 rings (SSSR count). The van der Waals surface area contributed by atoms with E-state index in [1.807, 2.05) is 30.6 Å². The first kappa shape index (κ1) is 17.2. The average molecular weight is 355 g/mol. The van der Waals surface area contributed by atoms with Crippen LogP contribution in [0.3, 0.4) is 0 Å². The fourth-order valence-electron chi connectivity index (χ4n) is 4.62. The van der Waals surface area contributed by atoms with Crippen LogP contribution in [-0.4, -0.2) is 52.0 Å². The molecule has 2 atom stereocenters. The number of likely N-dealkylation sites (tertiary alicyclic amines) is 2. The summed E-state index contributed by atoms with van der Waals surface area (Å²) in [6.45, 7) is 4.85. The number of fused-ring (bicyclic) bond motifs is 1. The summed E-state index contributed by atoms with van der Waals surface area (Å²) in [5.74, 6) is -0.487. The molecule has 2 aliphatic rings. The van der Waals surface area contributed by atoms with Crippen molar-refractivity contribution >= 4 is 5.97 Å². The Kier molecular flexibility index (Phi) is 4.78. The lowest BCUT2D eigenvalue weighted by Crippen LogP contribution is -2.41. The molecule has 0 unspecified atom stereocenters. The molecule has 0 saturated carbocycles. The maximum Gasteiger partial charge on any atom is 0.311 e. The lowest BCUT2D eigenvalue weighted by Gasteiger charge is -2.29. The summed E-state index contributed by atoms with van der Waals surface area (Å²) in [6, 6.07) is 6.03. The number of carboxylic acids is 1. The van der Waals surface area contributed by atoms with Crippen LogP contribution < -0.4 is 0 Å². The van der Waals surface area contributed by atoms with Crippen LogP contribution in [0.2, 0.25) is 0 Å². The van der Waals surface area contributed by atoms with Crippen LogP contribution in [0.1, 0.15) is 24.0 Å². The summed E-state index contributed by atoms with van der Waals surface area (Å²) in [4.78, 5) is 21.0. The largest absolute Gasteiger partial charge is 0.481 e. The number of furan rings is 1. The van der Waals surface area contributed by atoms with Gasteiger partial charge in [0.25, 0.3) is 0 Å². The predicted molar refractivity (Wildman–Crippen MR) is 96.3 cm³/mol. The zero-order valence-electron chi connectivity index (χ0n) is 14.9. The molecule has 0 radical (unpaired) electrons. The second-order valence-corrected chi connectivity index (χ2v) is 7.65. The van der Waals surface area contributed by atoms with Crippen LogP contribution in [0, 0.1) is 11.3 Å². The molecule has 2 fully saturated rings. The molecule has 4 heterocycles. The van der Waals surface area contributed by atoms with E-state index in [2.05, 4.69) is 14.8 Å². The average Bonchev–Trinajstić information content (AvgIpc) is 3.21. The number of hydrogen-bond acceptors (Lipinski definition) is 5. The van der Waals surface area contributed by atoms with Crippen molar-refractivity contribution < 1.29 is 14.3 Å². The van der Waals surface area contributed by atoms with Crippen molar-refractivity contribution in [2.45, 2.75) is 25.9 Å². The van der Waals surface area contributed by atoms with Crippen LogP contribution >= 0.6 is 0 Å². The van der Waals surface area contributed by atoms with Crippen LogP contribution in [0.5, 0.6) is 0 Å². The summed E-state index contributed by atoms with van der Waals surface area (Å²) in [7, 11) is 0. The Balaban J connectivity index is 1.50. The highest BCUT2D eigenvalue weighted by Gasteiger charge is 2.53. The number of pyridine rings is 1. The molecule has 2 aromatic rings. The quantitative estimate of drug-likeness (QED) is 0.889. The van der Waals surface area contributed by atoms with Gasteiger partial charge in [-0.05, 0) is 43.1 Å². The Morgan fingerprint density at radius 2 is 1.96 bits per heavy atom. The predicted octanol–water partition coefficient (Wildman–Crippen LogP) is 2.47. The number of aromatic nitrogens is 1. The van der Waals surface area contributed by atoms with Crippen molar-refractivity contribution in [2.75, 3.05) is 26.2 Å². The zero-order valence-corrected chi connectivity index (χ0v) is 14.9. The Hall–Kier alpha value is -2.18. The molecule has 6 nitrogen and oxygen atoms in total. The second kappa shape index (κ2) is 7.21. The third kappa shape index (κ3) is 3.39. The summed E-state index contributed by atoms with van der Waals surface area (Å²) >= 11 is 0. The van der Waals surface area contributed by atoms with Crippen LogP contribution in [0.15, 0.2) is 47.5 Å². The molecule has 0 aliphatic carbocycles. The summed E-state index contributed by atoms with van der Waals surface area (Å²) < 4.78 is 5.16. The van der Waals surface area contributed by atoms with Crippen molar-refractivity contribution in [2.24, 2.45) is 11.3 Å². The van der Waals surface area contributed by atoms with E-state index in [1.54, 1.807) is 12.5 Å². The minimum absolute atomic E-state index is 0.149. The van der Waals surface area contributed by atoms with E-state index in [1.165, 1.54) is 5.56 Å². The number of carboxylic acid groups (broad SMARTS) is 1. The van der Waals surface area contributed by atoms with Crippen LogP contribution in [0.4, 0.5) is 0 Å². The molecule has 138 valence electrons. The van der Waals surface area contributed by atoms with Gasteiger partial charge in [0.15, 0.2) is 0 Å². The van der Waals surface area contributed by atoms with Crippen molar-refractivity contribution in [3.63, 3.8) is 0 Å². The van der Waals surface area contributed by atoms with E-state index in [0.717, 1.165) is 51.1 Å². The molecule has 2 saturated heterocycles. The van der Waals surface area contributed by atoms with Crippen molar-refractivity contribution in [3.05, 3.63) is 54.2 Å². The topological polar surface area (TPSA) is 69.8 Å². The van der Waals surface area contributed by atoms with E-state index < -0.39 is 11.4 Å². The molecular weight excluding hydrogens is 330 g/mol. The Morgan fingerprint density at radius 3 is 2.69 bits per heavy atom. The molecule has 0 amide bonds. The molecule has 1 N–H and O–H groups in total. The fraction of sp³-hybridized carbons (Fsp3) is 0.500. The third-order valence-corrected chi connectivity index (χ3v) is 5.91. The first-order valence-corrected chi connectivity index (χ1v) is 9.24. The summed E-state index contributed by atoms with van der Waals surface area (Å²) in [5.41, 5.74) is 1.71. The molecule has 0 spiro atoms. The minimum atomic E-state index is -0.636. The van der Waals surface area contributed by atoms with Gasteiger partial charge in [0.05, 0.1) is 17.9 Å². The van der Waals surface area contributed by atoms with Gasteiger partial charge in [0, 0.05) is 56.6 Å². The van der Waals surface area contributed by atoms with Gasteiger partial charge in [-0.3, -0.25) is 19.6 Å². The maximum atomic E-state index is 12.3. The lowest BCUT2D eigenvalue weighted by atomic mass is 9.75. The summed E-state index contributed by atoms with van der Waals surface area (Å²) in [5, 5.41) is 10.1. The molecule has 2 aromatic heterocycles. The number of rotatable bonds is 5. The van der Waals surface area contributed by atoms with Crippen molar-refractivity contribution in [3.8, 4) is 0 Å². The van der Waals surface area contributed by atoms with Gasteiger partial charge in [0.2, 0.25) is 0 Å². The molecule has 0 aromatic carbocycles. The fourth-order valence-corrected chi connectivity index (χ4v) is 4.62. The van der Waals surface area contributed by atoms with Gasteiger partial charge in [-0.1, -0.05) is 0 Å². The minimum Gasteiger partial charge on any atom is -0.481 e. The van der Waals surface area contributed by atoms with E-state index in [-0.39, 0.29) is 5.92 Å². The summed E-state index contributed by atoms with van der Waals surface area (Å²) in [6.07, 6.45) is 8.73. The van der Waals surface area contributed by atoms with E-state index in [9.17, 15) is 9.90 Å². The van der Waals surface area contributed by atoms with Gasteiger partial charge in [-0.25, -0.2) is 0 Å². The third-order valence-electron chi connectivity index (χ3n) is 5.91. The Bertz CT molecular complexity index is 734. The van der Waals surface area contributed by atoms with Crippen molar-refractivity contribution in [1.82, 2.24) is 14.8 Å². The maximum absolute atomic E-state index is 12.3. The van der Waals surface area contributed by atoms with Gasteiger partial charge in [-0.2, -0.15) is 0 Å². The smallest absolute Gasteiger partial charge is 0.311 e. The lowest BCUT2D eigenvalue weighted by molar-refractivity contribution is -0.151. The van der Waals surface area contributed by atoms with Crippen LogP contribution in [0.25, 0.3) is 0 Å². The first-order chi connectivity index (χ1) is 12.7. The van der Waals surface area contributed by atoms with Gasteiger partial charge < -0.3 is 9.52 Å². The van der Waals surface area contributed by atoms with Crippen molar-refractivity contribution in [1.29, 1.82) is 0 Å². The number of carbonyl (C=O) groups is 1. The molecule has 26 heavy (non-hydrogen) atoms. The zero-order chi connectivity index (χ0) is 18.0. The highest BCUT2D eigenvalue weighted by molar-refractivity contribution is 5.76. The number of nitrogens with zero attached hydrogens (tertiary/aromatic N) is 3. The normalized spacial score (nSPS) is 27.2. The second-order valence-electron chi connectivity index (χ2n) is 7.65. The van der Waals surface area contributed by atoms with E-state index in [0.29, 0.717) is 6.54 Å². The monoisotopic (exact) mass is 355 g/mol. The molecular formula is C20H25N3O3. The van der Waals surface area contributed by atoms with Gasteiger partial charge in [-0.15, -0.1) is 0 Å².